The van der Waals surface area contributed by atoms with Gasteiger partial charge in [-0.15, -0.1) is 0 Å². The molecule has 1 aromatic carbocycles. The van der Waals surface area contributed by atoms with E-state index in [0.29, 0.717) is 30.8 Å². The summed E-state index contributed by atoms with van der Waals surface area (Å²) >= 11 is 0. The zero-order valence-electron chi connectivity index (χ0n) is 13.9. The summed E-state index contributed by atoms with van der Waals surface area (Å²) in [7, 11) is 0. The lowest BCUT2D eigenvalue weighted by Gasteiger charge is -2.23. The molecule has 2 N–H and O–H groups in total. The third-order valence-electron chi connectivity index (χ3n) is 4.23. The molecular formula is C17H22N2O5. The number of nitrogens with one attached hydrogen (secondary N) is 1. The minimum atomic E-state index is -1.38. The maximum atomic E-state index is 12.3. The fourth-order valence-corrected chi connectivity index (χ4v) is 2.63. The number of carboxylic acids is 1. The number of carbonyl (C=O) groups excluding carboxylic acids is 2. The molecule has 2 rings (SSSR count). The fraction of sp³-hybridized carbons (Fsp3) is 0.471. The molecule has 0 spiro atoms. The van der Waals surface area contributed by atoms with Crippen LogP contribution in [0.25, 0.3) is 0 Å². The molecular weight excluding hydrogens is 312 g/mol. The monoisotopic (exact) mass is 334 g/mol. The molecule has 24 heavy (non-hydrogen) atoms. The molecule has 1 unspecified atom stereocenters. The number of hydrogen-bond acceptors (Lipinski definition) is 4. The number of hydrogen-bond donors (Lipinski definition) is 2. The first kappa shape index (κ1) is 17.9. The lowest BCUT2D eigenvalue weighted by atomic mass is 9.98. The predicted octanol–water partition coefficient (Wildman–Crippen LogP) is 1.14. The van der Waals surface area contributed by atoms with Crippen LogP contribution in [0.4, 0.5) is 0 Å². The van der Waals surface area contributed by atoms with Gasteiger partial charge < -0.3 is 20.1 Å². The summed E-state index contributed by atoms with van der Waals surface area (Å²) in [6, 6.07) is 6.21. The number of carbonyl (C=O) groups is 3. The van der Waals surface area contributed by atoms with Crippen LogP contribution in [-0.4, -0.2) is 59.6 Å². The molecule has 7 nitrogen and oxygen atoms in total. The van der Waals surface area contributed by atoms with Gasteiger partial charge in [0.05, 0.1) is 6.61 Å². The van der Waals surface area contributed by atoms with Gasteiger partial charge >= 0.3 is 5.97 Å². The van der Waals surface area contributed by atoms with Crippen molar-refractivity contribution in [3.8, 4) is 0 Å². The summed E-state index contributed by atoms with van der Waals surface area (Å²) in [5.74, 6) is -1.70. The van der Waals surface area contributed by atoms with Crippen molar-refractivity contribution in [2.24, 2.45) is 0 Å². The highest BCUT2D eigenvalue weighted by atomic mass is 16.5. The summed E-state index contributed by atoms with van der Waals surface area (Å²) < 4.78 is 5.11. The van der Waals surface area contributed by atoms with Gasteiger partial charge in [0.15, 0.2) is 5.54 Å². The van der Waals surface area contributed by atoms with Gasteiger partial charge in [0.2, 0.25) is 0 Å². The van der Waals surface area contributed by atoms with Gasteiger partial charge in [-0.3, -0.25) is 9.59 Å². The Morgan fingerprint density at radius 3 is 2.21 bits per heavy atom. The number of carboxylic acid groups (broad SMARTS) is 1. The first-order chi connectivity index (χ1) is 11.4. The van der Waals surface area contributed by atoms with E-state index in [1.807, 2.05) is 13.8 Å². The molecule has 0 bridgehead atoms. The first-order valence-corrected chi connectivity index (χ1v) is 7.96. The summed E-state index contributed by atoms with van der Waals surface area (Å²) in [6.45, 7) is 5.27. The molecule has 0 radical (unpaired) electrons. The van der Waals surface area contributed by atoms with Crippen LogP contribution in [-0.2, 0) is 9.53 Å². The maximum Gasteiger partial charge on any atom is 0.331 e. The Morgan fingerprint density at radius 1 is 1.17 bits per heavy atom. The highest BCUT2D eigenvalue weighted by molar-refractivity contribution is 6.00. The first-order valence-electron chi connectivity index (χ1n) is 7.96. The van der Waals surface area contributed by atoms with E-state index in [9.17, 15) is 19.5 Å². The van der Waals surface area contributed by atoms with Gasteiger partial charge in [-0.1, -0.05) is 0 Å². The summed E-state index contributed by atoms with van der Waals surface area (Å²) in [6.07, 6.45) is 0.229. The van der Waals surface area contributed by atoms with Crippen LogP contribution in [0.5, 0.6) is 0 Å². The van der Waals surface area contributed by atoms with Crippen LogP contribution in [0.1, 0.15) is 41.0 Å². The van der Waals surface area contributed by atoms with E-state index < -0.39 is 17.4 Å². The Labute approximate surface area is 140 Å². The average Bonchev–Trinajstić information content (AvgIpc) is 3.06. The van der Waals surface area contributed by atoms with Crippen molar-refractivity contribution >= 4 is 17.8 Å². The fourth-order valence-electron chi connectivity index (χ4n) is 2.63. The highest BCUT2D eigenvalue weighted by Crippen LogP contribution is 2.20. The summed E-state index contributed by atoms with van der Waals surface area (Å²) in [5.41, 5.74) is -0.585. The molecule has 1 heterocycles. The molecule has 1 atom stereocenters. The van der Waals surface area contributed by atoms with Gasteiger partial charge in [0.1, 0.15) is 0 Å². The number of amides is 2. The molecule has 0 aliphatic carbocycles. The molecule has 2 amide bonds. The lowest BCUT2D eigenvalue weighted by molar-refractivity contribution is -0.144. The zero-order chi connectivity index (χ0) is 17.7. The van der Waals surface area contributed by atoms with Crippen molar-refractivity contribution in [2.45, 2.75) is 25.8 Å². The van der Waals surface area contributed by atoms with Crippen LogP contribution in [0, 0.1) is 0 Å². The van der Waals surface area contributed by atoms with E-state index in [1.54, 1.807) is 17.0 Å². The van der Waals surface area contributed by atoms with E-state index in [1.165, 1.54) is 12.1 Å². The minimum Gasteiger partial charge on any atom is -0.479 e. The van der Waals surface area contributed by atoms with Crippen LogP contribution in [0.3, 0.4) is 0 Å². The third kappa shape index (κ3) is 3.56. The molecule has 1 saturated heterocycles. The van der Waals surface area contributed by atoms with Crippen molar-refractivity contribution in [1.82, 2.24) is 10.2 Å². The molecule has 1 aliphatic heterocycles. The molecule has 0 aromatic heterocycles. The van der Waals surface area contributed by atoms with Crippen LogP contribution in [0.2, 0.25) is 0 Å². The second-order valence-corrected chi connectivity index (χ2v) is 5.70. The Hall–Kier alpha value is -2.41. The Bertz CT molecular complexity index is 616. The number of rotatable bonds is 6. The van der Waals surface area contributed by atoms with E-state index in [0.717, 1.165) is 0 Å². The SMILES string of the molecule is CCN(CC)C(=O)c1ccc(C(=O)NC2(C(=O)O)CCOC2)cc1. The second-order valence-electron chi connectivity index (χ2n) is 5.70. The van der Waals surface area contributed by atoms with Crippen LogP contribution >= 0.6 is 0 Å². The average molecular weight is 334 g/mol. The number of aliphatic carboxylic acids is 1. The number of benzene rings is 1. The second kappa shape index (κ2) is 7.44. The van der Waals surface area contributed by atoms with Crippen LogP contribution < -0.4 is 5.32 Å². The topological polar surface area (TPSA) is 95.9 Å². The van der Waals surface area contributed by atoms with E-state index in [2.05, 4.69) is 5.32 Å². The van der Waals surface area contributed by atoms with Crippen molar-refractivity contribution < 1.29 is 24.2 Å². The summed E-state index contributed by atoms with van der Waals surface area (Å²) in [5, 5.41) is 11.9. The standard InChI is InChI=1S/C17H22N2O5/c1-3-19(4-2)15(21)13-7-5-12(6-8-13)14(20)18-17(16(22)23)9-10-24-11-17/h5-8H,3-4,9-11H2,1-2H3,(H,18,20)(H,22,23). The molecule has 130 valence electrons. The molecule has 1 aliphatic rings. The van der Waals surface area contributed by atoms with E-state index in [-0.39, 0.29) is 18.9 Å². The highest BCUT2D eigenvalue weighted by Gasteiger charge is 2.44. The van der Waals surface area contributed by atoms with Crippen LogP contribution in [0.15, 0.2) is 24.3 Å². The van der Waals surface area contributed by atoms with Crippen molar-refractivity contribution in [1.29, 1.82) is 0 Å². The molecule has 1 aromatic rings. The maximum absolute atomic E-state index is 12.3. The third-order valence-corrected chi connectivity index (χ3v) is 4.23. The van der Waals surface area contributed by atoms with Crippen molar-refractivity contribution in [3.05, 3.63) is 35.4 Å². The van der Waals surface area contributed by atoms with Crippen molar-refractivity contribution in [2.75, 3.05) is 26.3 Å². The quantitative estimate of drug-likeness (QED) is 0.813. The Balaban J connectivity index is 2.11. The molecule has 0 saturated carbocycles. The summed E-state index contributed by atoms with van der Waals surface area (Å²) in [4.78, 5) is 37.7. The van der Waals surface area contributed by atoms with Gasteiger partial charge in [-0.25, -0.2) is 4.79 Å². The number of ether oxygens (including phenoxy) is 1. The Kier molecular flexibility index (Phi) is 5.56. The molecule has 7 heteroatoms. The van der Waals surface area contributed by atoms with E-state index >= 15 is 0 Å². The van der Waals surface area contributed by atoms with Gasteiger partial charge in [0.25, 0.3) is 11.8 Å². The smallest absolute Gasteiger partial charge is 0.331 e. The van der Waals surface area contributed by atoms with Gasteiger partial charge in [-0.05, 0) is 38.1 Å². The predicted molar refractivity (Wildman–Crippen MR) is 87.0 cm³/mol. The Morgan fingerprint density at radius 2 is 1.75 bits per heavy atom. The zero-order valence-corrected chi connectivity index (χ0v) is 13.9. The van der Waals surface area contributed by atoms with Gasteiger partial charge in [-0.2, -0.15) is 0 Å². The normalized spacial score (nSPS) is 19.8. The van der Waals surface area contributed by atoms with E-state index in [4.69, 9.17) is 4.74 Å². The van der Waals surface area contributed by atoms with Crippen molar-refractivity contribution in [3.63, 3.8) is 0 Å². The number of nitrogens with zero attached hydrogens (tertiary/aromatic N) is 1. The largest absolute Gasteiger partial charge is 0.479 e. The van der Waals surface area contributed by atoms with Gasteiger partial charge in [0, 0.05) is 37.2 Å². The minimum absolute atomic E-state index is 0.0490. The lowest BCUT2D eigenvalue weighted by Crippen LogP contribution is -2.55. The molecule has 1 fully saturated rings.